The summed E-state index contributed by atoms with van der Waals surface area (Å²) >= 11 is 0. The third-order valence-corrected chi connectivity index (χ3v) is 5.71. The van der Waals surface area contributed by atoms with Crippen molar-refractivity contribution in [2.24, 2.45) is 5.92 Å². The lowest BCUT2D eigenvalue weighted by atomic mass is 9.80. The highest BCUT2D eigenvalue weighted by Crippen LogP contribution is 2.35. The van der Waals surface area contributed by atoms with Crippen molar-refractivity contribution < 1.29 is 38.1 Å². The molecule has 188 valence electrons. The summed E-state index contributed by atoms with van der Waals surface area (Å²) in [6.07, 6.45) is -2.69. The van der Waals surface area contributed by atoms with Crippen LogP contribution in [0, 0.1) is 5.92 Å². The largest absolute Gasteiger partial charge is 0.465 e. The monoisotopic (exact) mass is 484 g/mol. The first-order chi connectivity index (χ1) is 16.8. The van der Waals surface area contributed by atoms with Crippen LogP contribution in [-0.2, 0) is 51.3 Å². The van der Waals surface area contributed by atoms with Crippen molar-refractivity contribution in [2.75, 3.05) is 6.61 Å². The lowest BCUT2D eigenvalue weighted by molar-refractivity contribution is -0.226. The van der Waals surface area contributed by atoms with Crippen LogP contribution in [0.15, 0.2) is 60.7 Å². The van der Waals surface area contributed by atoms with Crippen molar-refractivity contribution in [3.05, 3.63) is 71.8 Å². The van der Waals surface area contributed by atoms with E-state index in [2.05, 4.69) is 0 Å². The molecule has 5 atom stereocenters. The molecule has 1 fully saturated rings. The van der Waals surface area contributed by atoms with E-state index in [-0.39, 0.29) is 13.2 Å². The molecular formula is C27H32O8. The molecule has 1 aliphatic rings. The first-order valence-corrected chi connectivity index (χ1v) is 11.6. The van der Waals surface area contributed by atoms with Gasteiger partial charge in [0.2, 0.25) is 0 Å². The Morgan fingerprint density at radius 2 is 1.20 bits per heavy atom. The second kappa shape index (κ2) is 13.0. The minimum atomic E-state index is -0.949. The molecule has 0 aromatic heterocycles. The minimum Gasteiger partial charge on any atom is -0.465 e. The standard InChI is InChI=1S/C27H32O8/c1-18(28)31-17-23-14-24(32-15-21-10-6-4-7-11-21)26(33-16-22-12-8-5-9-13-22)27(35-20(3)30)25(23)34-19(2)29/h4-13,23-27H,14-17H2,1-3H3/t23-,24-,25-,26-,27-/m0/s1. The Hall–Kier alpha value is -3.23. The molecule has 0 unspecified atom stereocenters. The van der Waals surface area contributed by atoms with Gasteiger partial charge >= 0.3 is 17.9 Å². The van der Waals surface area contributed by atoms with Crippen molar-refractivity contribution >= 4 is 17.9 Å². The van der Waals surface area contributed by atoms with Gasteiger partial charge in [0, 0.05) is 26.7 Å². The Balaban J connectivity index is 1.90. The summed E-state index contributed by atoms with van der Waals surface area (Å²) in [4.78, 5) is 35.6. The zero-order valence-electron chi connectivity index (χ0n) is 20.3. The van der Waals surface area contributed by atoms with Crippen LogP contribution in [-0.4, -0.2) is 48.9 Å². The summed E-state index contributed by atoms with van der Waals surface area (Å²) in [6.45, 7) is 4.42. The molecule has 2 aromatic rings. The van der Waals surface area contributed by atoms with Crippen LogP contribution in [0.1, 0.15) is 38.3 Å². The molecule has 0 heterocycles. The maximum atomic E-state index is 12.1. The summed E-state index contributed by atoms with van der Waals surface area (Å²) in [5, 5.41) is 0. The summed E-state index contributed by atoms with van der Waals surface area (Å²) < 4.78 is 29.1. The second-order valence-corrected chi connectivity index (χ2v) is 8.54. The van der Waals surface area contributed by atoms with Crippen molar-refractivity contribution in [1.82, 2.24) is 0 Å². The molecule has 0 N–H and O–H groups in total. The minimum absolute atomic E-state index is 0.0123. The number of carbonyl (C=O) groups excluding carboxylic acids is 3. The molecule has 0 spiro atoms. The summed E-state index contributed by atoms with van der Waals surface area (Å²) in [5.41, 5.74) is 1.90. The maximum absolute atomic E-state index is 12.1. The van der Waals surface area contributed by atoms with E-state index < -0.39 is 48.2 Å². The van der Waals surface area contributed by atoms with Gasteiger partial charge in [0.15, 0.2) is 6.10 Å². The lowest BCUT2D eigenvalue weighted by Gasteiger charge is -2.44. The molecule has 0 bridgehead atoms. The smallest absolute Gasteiger partial charge is 0.303 e. The number of hydrogen-bond donors (Lipinski definition) is 0. The third kappa shape index (κ3) is 8.19. The molecule has 8 nitrogen and oxygen atoms in total. The van der Waals surface area contributed by atoms with Gasteiger partial charge in [0.25, 0.3) is 0 Å². The molecule has 1 aliphatic carbocycles. The van der Waals surface area contributed by atoms with Crippen LogP contribution < -0.4 is 0 Å². The summed E-state index contributed by atoms with van der Waals surface area (Å²) in [5.74, 6) is -2.00. The molecule has 35 heavy (non-hydrogen) atoms. The van der Waals surface area contributed by atoms with Crippen LogP contribution in [0.2, 0.25) is 0 Å². The van der Waals surface area contributed by atoms with E-state index in [9.17, 15) is 14.4 Å². The zero-order chi connectivity index (χ0) is 25.2. The molecule has 2 aromatic carbocycles. The Bertz CT molecular complexity index is 962. The number of hydrogen-bond acceptors (Lipinski definition) is 8. The molecule has 0 radical (unpaired) electrons. The molecule has 0 aliphatic heterocycles. The van der Waals surface area contributed by atoms with Gasteiger partial charge in [-0.15, -0.1) is 0 Å². The average molecular weight is 485 g/mol. The van der Waals surface area contributed by atoms with E-state index >= 15 is 0 Å². The lowest BCUT2D eigenvalue weighted by Crippen LogP contribution is -2.59. The SMILES string of the molecule is CC(=O)OC[C@@H]1C[C@H](OCc2ccccc2)[C@H](OCc2ccccc2)[C@@H](OC(C)=O)[C@H]1OC(C)=O. The van der Waals surface area contributed by atoms with Crippen molar-refractivity contribution in [3.63, 3.8) is 0 Å². The Morgan fingerprint density at radius 1 is 0.686 bits per heavy atom. The molecule has 8 heteroatoms. The van der Waals surface area contributed by atoms with Gasteiger partial charge in [-0.3, -0.25) is 14.4 Å². The quantitative estimate of drug-likeness (QED) is 0.373. The maximum Gasteiger partial charge on any atom is 0.303 e. The van der Waals surface area contributed by atoms with Gasteiger partial charge in [-0.25, -0.2) is 0 Å². The topological polar surface area (TPSA) is 97.4 Å². The van der Waals surface area contributed by atoms with Gasteiger partial charge < -0.3 is 23.7 Å². The van der Waals surface area contributed by atoms with Gasteiger partial charge in [-0.1, -0.05) is 60.7 Å². The number of ether oxygens (including phenoxy) is 5. The van der Waals surface area contributed by atoms with Crippen LogP contribution in [0.3, 0.4) is 0 Å². The fourth-order valence-corrected chi connectivity index (χ4v) is 4.21. The molecular weight excluding hydrogens is 452 g/mol. The molecule has 0 amide bonds. The highest BCUT2D eigenvalue weighted by atomic mass is 16.6. The fraction of sp³-hybridized carbons (Fsp3) is 0.444. The number of esters is 3. The molecule has 1 saturated carbocycles. The van der Waals surface area contributed by atoms with Crippen molar-refractivity contribution in [2.45, 2.75) is 64.8 Å². The molecule has 0 saturated heterocycles. The Labute approximate surface area is 205 Å². The third-order valence-electron chi connectivity index (χ3n) is 5.71. The first kappa shape index (κ1) is 26.4. The highest BCUT2D eigenvalue weighted by Gasteiger charge is 2.50. The van der Waals surface area contributed by atoms with E-state index in [0.717, 1.165) is 11.1 Å². The predicted octanol–water partition coefficient (Wildman–Crippen LogP) is 3.60. The first-order valence-electron chi connectivity index (χ1n) is 11.6. The van der Waals surface area contributed by atoms with E-state index in [0.29, 0.717) is 13.0 Å². The number of rotatable bonds is 10. The van der Waals surface area contributed by atoms with Crippen LogP contribution in [0.25, 0.3) is 0 Å². The van der Waals surface area contributed by atoms with Gasteiger partial charge in [0.05, 0.1) is 25.9 Å². The van der Waals surface area contributed by atoms with Crippen LogP contribution in [0.4, 0.5) is 0 Å². The average Bonchev–Trinajstić information content (AvgIpc) is 2.83. The normalized spacial score (nSPS) is 23.8. The van der Waals surface area contributed by atoms with Gasteiger partial charge in [-0.2, -0.15) is 0 Å². The molecule has 3 rings (SSSR count). The van der Waals surface area contributed by atoms with Gasteiger partial charge in [0.1, 0.15) is 12.2 Å². The van der Waals surface area contributed by atoms with Crippen molar-refractivity contribution in [1.29, 1.82) is 0 Å². The van der Waals surface area contributed by atoms with E-state index in [1.54, 1.807) is 0 Å². The highest BCUT2D eigenvalue weighted by molar-refractivity contribution is 5.67. The second-order valence-electron chi connectivity index (χ2n) is 8.54. The van der Waals surface area contributed by atoms with Crippen LogP contribution >= 0.6 is 0 Å². The summed E-state index contributed by atoms with van der Waals surface area (Å²) in [7, 11) is 0. The van der Waals surface area contributed by atoms with Gasteiger partial charge in [-0.05, 0) is 17.5 Å². The van der Waals surface area contributed by atoms with Crippen LogP contribution in [0.5, 0.6) is 0 Å². The zero-order valence-corrected chi connectivity index (χ0v) is 20.3. The summed E-state index contributed by atoms with van der Waals surface area (Å²) in [6, 6.07) is 19.2. The Morgan fingerprint density at radius 3 is 1.71 bits per heavy atom. The Kier molecular flexibility index (Phi) is 9.81. The van der Waals surface area contributed by atoms with E-state index in [1.165, 1.54) is 20.8 Å². The van der Waals surface area contributed by atoms with E-state index in [4.69, 9.17) is 23.7 Å². The number of benzene rings is 2. The fourth-order valence-electron chi connectivity index (χ4n) is 4.21. The van der Waals surface area contributed by atoms with E-state index in [1.807, 2.05) is 60.7 Å². The van der Waals surface area contributed by atoms with Crippen molar-refractivity contribution in [3.8, 4) is 0 Å². The number of carbonyl (C=O) groups is 3. The predicted molar refractivity (Wildman–Crippen MR) is 126 cm³/mol.